The number of hydrogen-bond donors (Lipinski definition) is 1. The Morgan fingerprint density at radius 3 is 2.48 bits per heavy atom. The monoisotopic (exact) mass is 337 g/mol. The molecule has 0 fully saturated rings. The molecule has 0 spiro atoms. The van der Waals surface area contributed by atoms with Crippen LogP contribution >= 0.6 is 10.7 Å². The van der Waals surface area contributed by atoms with E-state index < -0.39 is 31.3 Å². The summed E-state index contributed by atoms with van der Waals surface area (Å²) in [5, 5.41) is 2.59. The van der Waals surface area contributed by atoms with Gasteiger partial charge in [0.15, 0.2) is 0 Å². The van der Waals surface area contributed by atoms with Gasteiger partial charge >= 0.3 is 0 Å². The minimum Gasteiger partial charge on any atom is -0.377 e. The number of nitrogens with one attached hydrogen (secondary N) is 1. The van der Waals surface area contributed by atoms with E-state index in [2.05, 4.69) is 5.32 Å². The van der Waals surface area contributed by atoms with Crippen LogP contribution in [0.4, 0.5) is 4.39 Å². The molecule has 1 N–H and O–H groups in total. The first-order valence-corrected chi connectivity index (χ1v) is 8.37. The fourth-order valence-corrected chi connectivity index (χ4v) is 2.49. The Morgan fingerprint density at radius 2 is 2.00 bits per heavy atom. The molecule has 21 heavy (non-hydrogen) atoms. The summed E-state index contributed by atoms with van der Waals surface area (Å²) in [7, 11) is 2.40. The number of aryl methyl sites for hydroxylation is 1. The third kappa shape index (κ3) is 4.66. The van der Waals surface area contributed by atoms with Crippen LogP contribution in [0.1, 0.15) is 29.8 Å². The topological polar surface area (TPSA) is 72.5 Å². The molecule has 1 rings (SSSR count). The van der Waals surface area contributed by atoms with Crippen LogP contribution in [-0.2, 0) is 13.8 Å². The lowest BCUT2D eigenvalue weighted by molar-refractivity contribution is 0.0228. The van der Waals surface area contributed by atoms with Crippen LogP contribution in [0.25, 0.3) is 0 Å². The van der Waals surface area contributed by atoms with Gasteiger partial charge in [-0.05, 0) is 38.5 Å². The lowest BCUT2D eigenvalue weighted by Crippen LogP contribution is -2.39. The Labute approximate surface area is 127 Å². The minimum atomic E-state index is -4.27. The van der Waals surface area contributed by atoms with Crippen molar-refractivity contribution in [1.29, 1.82) is 0 Å². The molecule has 1 aromatic rings. The normalized spacial score (nSPS) is 12.3. The Hall–Kier alpha value is -1.18. The second-order valence-corrected chi connectivity index (χ2v) is 7.72. The molecular formula is C13H17ClFNO4S. The van der Waals surface area contributed by atoms with E-state index in [0.717, 1.165) is 6.07 Å². The highest BCUT2D eigenvalue weighted by atomic mass is 35.7. The van der Waals surface area contributed by atoms with E-state index in [1.54, 1.807) is 13.8 Å². The average Bonchev–Trinajstić information content (AvgIpc) is 2.37. The molecular weight excluding hydrogens is 321 g/mol. The van der Waals surface area contributed by atoms with Gasteiger partial charge in [-0.25, -0.2) is 12.8 Å². The molecule has 0 radical (unpaired) electrons. The number of halogens is 2. The van der Waals surface area contributed by atoms with E-state index in [1.165, 1.54) is 20.1 Å². The highest BCUT2D eigenvalue weighted by Crippen LogP contribution is 2.23. The summed E-state index contributed by atoms with van der Waals surface area (Å²) in [5.41, 5.74) is -0.542. The van der Waals surface area contributed by atoms with Crippen LogP contribution in [-0.4, -0.2) is 33.6 Å². The van der Waals surface area contributed by atoms with Crippen LogP contribution in [0, 0.1) is 12.7 Å². The summed E-state index contributed by atoms with van der Waals surface area (Å²) in [5.74, 6) is -1.50. The van der Waals surface area contributed by atoms with Gasteiger partial charge in [-0.2, -0.15) is 0 Å². The molecule has 5 nitrogen and oxygen atoms in total. The molecule has 8 heteroatoms. The Morgan fingerprint density at radius 1 is 1.43 bits per heavy atom. The lowest BCUT2D eigenvalue weighted by atomic mass is 10.1. The summed E-state index contributed by atoms with van der Waals surface area (Å²) >= 11 is 0. The molecule has 0 saturated heterocycles. The highest BCUT2D eigenvalue weighted by molar-refractivity contribution is 8.13. The first-order chi connectivity index (χ1) is 9.48. The van der Waals surface area contributed by atoms with Gasteiger partial charge in [0.25, 0.3) is 15.0 Å². The van der Waals surface area contributed by atoms with Gasteiger partial charge < -0.3 is 10.1 Å². The summed E-state index contributed by atoms with van der Waals surface area (Å²) in [6.45, 7) is 5.12. The molecule has 0 heterocycles. The van der Waals surface area contributed by atoms with Gasteiger partial charge in [0, 0.05) is 29.9 Å². The van der Waals surface area contributed by atoms with Crippen molar-refractivity contribution in [3.8, 4) is 0 Å². The van der Waals surface area contributed by atoms with Crippen molar-refractivity contribution in [2.75, 3.05) is 13.7 Å². The summed E-state index contributed by atoms with van der Waals surface area (Å²) < 4.78 is 41.5. The second kappa shape index (κ2) is 6.29. The number of carbonyl (C=O) groups excluding carboxylic acids is 1. The van der Waals surface area contributed by atoms with Crippen molar-refractivity contribution < 1.29 is 22.3 Å². The van der Waals surface area contributed by atoms with E-state index >= 15 is 0 Å². The van der Waals surface area contributed by atoms with Gasteiger partial charge in [-0.1, -0.05) is 0 Å². The zero-order chi connectivity index (χ0) is 16.4. The number of rotatable bonds is 5. The molecule has 0 unspecified atom stereocenters. The third-order valence-corrected chi connectivity index (χ3v) is 4.29. The number of ether oxygens (including phenoxy) is 1. The van der Waals surface area contributed by atoms with Gasteiger partial charge in [-0.15, -0.1) is 0 Å². The number of benzene rings is 1. The molecule has 0 bridgehead atoms. The Kier molecular flexibility index (Phi) is 5.35. The smallest absolute Gasteiger partial charge is 0.264 e. The average molecular weight is 338 g/mol. The molecule has 0 aliphatic carbocycles. The maximum absolute atomic E-state index is 13.8. The predicted octanol–water partition coefficient (Wildman–Crippen LogP) is 2.22. The number of amides is 1. The van der Waals surface area contributed by atoms with Crippen LogP contribution < -0.4 is 5.32 Å². The van der Waals surface area contributed by atoms with Gasteiger partial charge in [-0.3, -0.25) is 4.79 Å². The zero-order valence-corrected chi connectivity index (χ0v) is 13.7. The molecule has 1 aromatic carbocycles. The first kappa shape index (κ1) is 17.9. The fraction of sp³-hybridized carbons (Fsp3) is 0.462. The van der Waals surface area contributed by atoms with Crippen LogP contribution in [0.2, 0.25) is 0 Å². The molecule has 0 saturated carbocycles. The van der Waals surface area contributed by atoms with Crippen LogP contribution in [0.5, 0.6) is 0 Å². The summed E-state index contributed by atoms with van der Waals surface area (Å²) in [4.78, 5) is 11.3. The molecule has 0 aliphatic rings. The SMILES string of the molecule is COC(C)(C)CNC(=O)c1cc(C)c(F)c(S(=O)(=O)Cl)c1. The van der Waals surface area contributed by atoms with E-state index in [1.807, 2.05) is 0 Å². The molecule has 118 valence electrons. The summed E-state index contributed by atoms with van der Waals surface area (Å²) in [6.07, 6.45) is 0. The van der Waals surface area contributed by atoms with Crippen molar-refractivity contribution in [3.05, 3.63) is 29.1 Å². The predicted molar refractivity (Wildman–Crippen MR) is 77.6 cm³/mol. The Balaban J connectivity index is 3.10. The maximum atomic E-state index is 13.8. The van der Waals surface area contributed by atoms with Crippen molar-refractivity contribution in [1.82, 2.24) is 5.32 Å². The largest absolute Gasteiger partial charge is 0.377 e. The van der Waals surface area contributed by atoms with Crippen molar-refractivity contribution in [2.24, 2.45) is 0 Å². The standard InChI is InChI=1S/C13H17ClFNO4S/c1-8-5-9(6-10(11(8)15)21(14,18)19)12(17)16-7-13(2,3)20-4/h5-6H,7H2,1-4H3,(H,16,17). The zero-order valence-electron chi connectivity index (χ0n) is 12.2. The van der Waals surface area contributed by atoms with Gasteiger partial charge in [0.05, 0.1) is 5.60 Å². The minimum absolute atomic E-state index is 0.0139. The van der Waals surface area contributed by atoms with Crippen molar-refractivity contribution >= 4 is 25.6 Å². The highest BCUT2D eigenvalue weighted by Gasteiger charge is 2.22. The van der Waals surface area contributed by atoms with Gasteiger partial charge in [0.2, 0.25) is 0 Å². The molecule has 1 amide bonds. The number of hydrogen-bond acceptors (Lipinski definition) is 4. The van der Waals surface area contributed by atoms with E-state index in [-0.39, 0.29) is 17.7 Å². The number of carbonyl (C=O) groups is 1. The van der Waals surface area contributed by atoms with Crippen LogP contribution in [0.15, 0.2) is 17.0 Å². The molecule has 0 aliphatic heterocycles. The van der Waals surface area contributed by atoms with E-state index in [0.29, 0.717) is 0 Å². The first-order valence-electron chi connectivity index (χ1n) is 6.06. The quantitative estimate of drug-likeness (QED) is 0.836. The van der Waals surface area contributed by atoms with Crippen LogP contribution in [0.3, 0.4) is 0 Å². The van der Waals surface area contributed by atoms with Gasteiger partial charge in [0.1, 0.15) is 10.7 Å². The van der Waals surface area contributed by atoms with E-state index in [9.17, 15) is 17.6 Å². The third-order valence-electron chi connectivity index (χ3n) is 2.97. The Bertz CT molecular complexity index is 658. The second-order valence-electron chi connectivity index (χ2n) is 5.19. The van der Waals surface area contributed by atoms with Crippen molar-refractivity contribution in [2.45, 2.75) is 31.3 Å². The fourth-order valence-electron chi connectivity index (χ4n) is 1.51. The number of methoxy groups -OCH3 is 1. The van der Waals surface area contributed by atoms with Crippen molar-refractivity contribution in [3.63, 3.8) is 0 Å². The van der Waals surface area contributed by atoms with E-state index in [4.69, 9.17) is 15.4 Å². The lowest BCUT2D eigenvalue weighted by Gasteiger charge is -2.23. The maximum Gasteiger partial charge on any atom is 0.264 e. The molecule has 0 atom stereocenters. The molecule has 0 aromatic heterocycles. The summed E-state index contributed by atoms with van der Waals surface area (Å²) in [6, 6.07) is 2.18.